The molecule has 0 saturated heterocycles. The van der Waals surface area contributed by atoms with Crippen LogP contribution in [0.15, 0.2) is 42.5 Å². The fourth-order valence-electron chi connectivity index (χ4n) is 2.31. The molecule has 1 fully saturated rings. The smallest absolute Gasteiger partial charge is 0.260 e. The molecule has 24 heavy (non-hydrogen) atoms. The predicted molar refractivity (Wildman–Crippen MR) is 90.7 cm³/mol. The molecule has 1 saturated carbocycles. The van der Waals surface area contributed by atoms with Crippen LogP contribution in [0.2, 0.25) is 5.02 Å². The molecular formula is C18H16ClFN2O2. The van der Waals surface area contributed by atoms with Gasteiger partial charge in [0.25, 0.3) is 5.91 Å². The maximum absolute atomic E-state index is 13.7. The zero-order valence-corrected chi connectivity index (χ0v) is 13.6. The molecule has 124 valence electrons. The third-order valence-electron chi connectivity index (χ3n) is 3.71. The maximum atomic E-state index is 13.7. The quantitative estimate of drug-likeness (QED) is 0.869. The van der Waals surface area contributed by atoms with Crippen LogP contribution in [0.5, 0.6) is 0 Å². The summed E-state index contributed by atoms with van der Waals surface area (Å²) in [6, 6.07) is 11.3. The van der Waals surface area contributed by atoms with Gasteiger partial charge in [-0.25, -0.2) is 4.39 Å². The number of rotatable bonds is 5. The van der Waals surface area contributed by atoms with Gasteiger partial charge in [0, 0.05) is 11.7 Å². The van der Waals surface area contributed by atoms with Gasteiger partial charge < -0.3 is 10.6 Å². The van der Waals surface area contributed by atoms with Gasteiger partial charge in [-0.1, -0.05) is 29.8 Å². The van der Waals surface area contributed by atoms with E-state index in [1.165, 1.54) is 18.2 Å². The van der Waals surface area contributed by atoms with Gasteiger partial charge in [-0.2, -0.15) is 0 Å². The van der Waals surface area contributed by atoms with Crippen molar-refractivity contribution in [1.82, 2.24) is 5.32 Å². The van der Waals surface area contributed by atoms with Gasteiger partial charge in [0.2, 0.25) is 5.91 Å². The van der Waals surface area contributed by atoms with Crippen LogP contribution in [0.3, 0.4) is 0 Å². The number of benzene rings is 2. The lowest BCUT2D eigenvalue weighted by Gasteiger charge is -2.09. The van der Waals surface area contributed by atoms with E-state index >= 15 is 0 Å². The first-order chi connectivity index (χ1) is 11.5. The third kappa shape index (κ3) is 4.11. The summed E-state index contributed by atoms with van der Waals surface area (Å²) in [5.41, 5.74) is 1.16. The molecule has 2 amide bonds. The lowest BCUT2D eigenvalue weighted by Crippen LogP contribution is -2.26. The van der Waals surface area contributed by atoms with Crippen molar-refractivity contribution in [3.8, 4) is 0 Å². The van der Waals surface area contributed by atoms with Crippen molar-refractivity contribution in [1.29, 1.82) is 0 Å². The Morgan fingerprint density at radius 2 is 1.83 bits per heavy atom. The minimum Gasteiger partial charge on any atom is -0.353 e. The highest BCUT2D eigenvalue weighted by Crippen LogP contribution is 2.21. The second kappa shape index (κ2) is 7.01. The van der Waals surface area contributed by atoms with Gasteiger partial charge in [0.15, 0.2) is 0 Å². The highest BCUT2D eigenvalue weighted by molar-refractivity contribution is 6.34. The molecule has 3 rings (SSSR count). The van der Waals surface area contributed by atoms with Crippen LogP contribution >= 0.6 is 11.6 Å². The average Bonchev–Trinajstić information content (AvgIpc) is 3.33. The SMILES string of the molecule is O=C(Cc1ccc(NC(=O)c2c(F)cccc2Cl)cc1)NC1CC1. The fourth-order valence-corrected chi connectivity index (χ4v) is 2.55. The summed E-state index contributed by atoms with van der Waals surface area (Å²) in [5.74, 6) is -1.29. The van der Waals surface area contributed by atoms with Gasteiger partial charge >= 0.3 is 0 Å². The minimum absolute atomic E-state index is 0.00701. The number of carbonyl (C=O) groups excluding carboxylic acids is 2. The van der Waals surface area contributed by atoms with Crippen LogP contribution in [0.1, 0.15) is 28.8 Å². The Morgan fingerprint density at radius 1 is 1.12 bits per heavy atom. The largest absolute Gasteiger partial charge is 0.353 e. The first kappa shape index (κ1) is 16.5. The highest BCUT2D eigenvalue weighted by Gasteiger charge is 2.23. The Balaban J connectivity index is 1.63. The minimum atomic E-state index is -0.673. The van der Waals surface area contributed by atoms with E-state index in [2.05, 4.69) is 10.6 Å². The summed E-state index contributed by atoms with van der Waals surface area (Å²) in [4.78, 5) is 23.9. The Labute approximate surface area is 144 Å². The molecule has 0 radical (unpaired) electrons. The number of anilines is 1. The van der Waals surface area contributed by atoms with Gasteiger partial charge in [-0.3, -0.25) is 9.59 Å². The topological polar surface area (TPSA) is 58.2 Å². The van der Waals surface area contributed by atoms with Crippen molar-refractivity contribution in [3.63, 3.8) is 0 Å². The van der Waals surface area contributed by atoms with Crippen LogP contribution in [-0.2, 0) is 11.2 Å². The van der Waals surface area contributed by atoms with Gasteiger partial charge in [-0.15, -0.1) is 0 Å². The van der Waals surface area contributed by atoms with Crippen LogP contribution in [0, 0.1) is 5.82 Å². The Morgan fingerprint density at radius 3 is 2.46 bits per heavy atom. The summed E-state index contributed by atoms with van der Waals surface area (Å²) in [6.07, 6.45) is 2.40. The van der Waals surface area contributed by atoms with Crippen LogP contribution in [0.4, 0.5) is 10.1 Å². The monoisotopic (exact) mass is 346 g/mol. The average molecular weight is 347 g/mol. The Hall–Kier alpha value is -2.40. The molecule has 0 aliphatic heterocycles. The summed E-state index contributed by atoms with van der Waals surface area (Å²) < 4.78 is 13.7. The summed E-state index contributed by atoms with van der Waals surface area (Å²) >= 11 is 5.87. The van der Waals surface area contributed by atoms with Crippen LogP contribution in [0.25, 0.3) is 0 Å². The number of halogens is 2. The molecular weight excluding hydrogens is 331 g/mol. The summed E-state index contributed by atoms with van der Waals surface area (Å²) in [5, 5.41) is 5.57. The van der Waals surface area contributed by atoms with Crippen molar-refractivity contribution in [2.24, 2.45) is 0 Å². The van der Waals surface area contributed by atoms with Gasteiger partial charge in [0.1, 0.15) is 5.82 Å². The molecule has 2 N–H and O–H groups in total. The van der Waals surface area contributed by atoms with Gasteiger partial charge in [-0.05, 0) is 42.7 Å². The fraction of sp³-hybridized carbons (Fsp3) is 0.222. The number of hydrogen-bond acceptors (Lipinski definition) is 2. The van der Waals surface area contributed by atoms with E-state index in [0.717, 1.165) is 18.4 Å². The number of carbonyl (C=O) groups is 2. The lowest BCUT2D eigenvalue weighted by molar-refractivity contribution is -0.120. The van der Waals surface area contributed by atoms with Crippen molar-refractivity contribution in [2.75, 3.05) is 5.32 Å². The first-order valence-corrected chi connectivity index (χ1v) is 8.04. The molecule has 0 bridgehead atoms. The molecule has 2 aromatic carbocycles. The Bertz CT molecular complexity index is 753. The molecule has 0 unspecified atom stereocenters. The van der Waals surface area contributed by atoms with Crippen molar-refractivity contribution in [2.45, 2.75) is 25.3 Å². The maximum Gasteiger partial charge on any atom is 0.260 e. The molecule has 1 aliphatic carbocycles. The van der Waals surface area contributed by atoms with E-state index in [1.807, 2.05) is 0 Å². The van der Waals surface area contributed by atoms with E-state index in [-0.39, 0.29) is 16.5 Å². The van der Waals surface area contributed by atoms with E-state index in [9.17, 15) is 14.0 Å². The highest BCUT2D eigenvalue weighted by atomic mass is 35.5. The molecule has 1 aliphatic rings. The second-order valence-corrected chi connectivity index (χ2v) is 6.17. The number of amides is 2. The molecule has 0 atom stereocenters. The molecule has 4 nitrogen and oxygen atoms in total. The molecule has 0 spiro atoms. The van der Waals surface area contributed by atoms with E-state index in [1.54, 1.807) is 24.3 Å². The number of nitrogens with one attached hydrogen (secondary N) is 2. The second-order valence-electron chi connectivity index (χ2n) is 5.77. The third-order valence-corrected chi connectivity index (χ3v) is 4.02. The van der Waals surface area contributed by atoms with E-state index in [0.29, 0.717) is 18.2 Å². The van der Waals surface area contributed by atoms with Crippen LogP contribution in [-0.4, -0.2) is 17.9 Å². The Kier molecular flexibility index (Phi) is 4.81. The summed E-state index contributed by atoms with van der Waals surface area (Å²) in [7, 11) is 0. The standard InChI is InChI=1S/C18H16ClFN2O2/c19-14-2-1-3-15(20)17(14)18(24)22-13-6-4-11(5-7-13)10-16(23)21-12-8-9-12/h1-7,12H,8-10H2,(H,21,23)(H,22,24). The van der Waals surface area contributed by atoms with Gasteiger partial charge in [0.05, 0.1) is 17.0 Å². The molecule has 6 heteroatoms. The molecule has 2 aromatic rings. The first-order valence-electron chi connectivity index (χ1n) is 7.66. The molecule has 0 heterocycles. The molecule has 0 aromatic heterocycles. The predicted octanol–water partition coefficient (Wildman–Crippen LogP) is 3.55. The zero-order valence-electron chi connectivity index (χ0n) is 12.8. The zero-order chi connectivity index (χ0) is 17.1. The lowest BCUT2D eigenvalue weighted by atomic mass is 10.1. The van der Waals surface area contributed by atoms with E-state index in [4.69, 9.17) is 11.6 Å². The number of hydrogen-bond donors (Lipinski definition) is 2. The normalized spacial score (nSPS) is 13.4. The van der Waals surface area contributed by atoms with Crippen molar-refractivity contribution < 1.29 is 14.0 Å². The van der Waals surface area contributed by atoms with Crippen molar-refractivity contribution in [3.05, 3.63) is 64.4 Å². The van der Waals surface area contributed by atoms with E-state index < -0.39 is 11.7 Å². The summed E-state index contributed by atoms with van der Waals surface area (Å²) in [6.45, 7) is 0. The van der Waals surface area contributed by atoms with Crippen molar-refractivity contribution >= 4 is 29.1 Å². The van der Waals surface area contributed by atoms with Crippen LogP contribution < -0.4 is 10.6 Å².